The fraction of sp³-hybridized carbons (Fsp3) is 0.529. The van der Waals surface area contributed by atoms with Gasteiger partial charge in [0.25, 0.3) is 0 Å². The standard InChI is InChI=1S/C15H18O6.C9H10O2.2C3H8.2C2H6/c1-2-14(17)19-9-8-15(18)21-11-12(16)10-20-13-6-4-3-5-7-13;1-2-4-8(5-3-1)10-6-9-7-11-9;2*1-3-2;2*1-2/h2-7,12,16H,1,8-11H2;1-5,9H,6-7H2;2*3H2,1-2H3;2*1-2H3. The predicted molar refractivity (Wildman–Crippen MR) is 171 cm³/mol. The predicted octanol–water partition coefficient (Wildman–Crippen LogP) is 7.44. The van der Waals surface area contributed by atoms with Crippen molar-refractivity contribution in [1.82, 2.24) is 0 Å². The molecule has 0 spiro atoms. The second-order valence-corrected chi connectivity index (χ2v) is 8.08. The average Bonchev–Trinajstić information content (AvgIpc) is 3.87. The molecular weight excluding hydrogens is 536 g/mol. The second kappa shape index (κ2) is 33.8. The van der Waals surface area contributed by atoms with Gasteiger partial charge in [0.05, 0.1) is 13.0 Å². The van der Waals surface area contributed by atoms with Crippen LogP contribution < -0.4 is 9.47 Å². The number of epoxide rings is 1. The fourth-order valence-corrected chi connectivity index (χ4v) is 2.18. The zero-order valence-corrected chi connectivity index (χ0v) is 27.2. The summed E-state index contributed by atoms with van der Waals surface area (Å²) in [6.45, 7) is 21.0. The Kier molecular flexibility index (Phi) is 34.7. The molecule has 0 bridgehead atoms. The van der Waals surface area contributed by atoms with E-state index in [1.165, 1.54) is 12.8 Å². The first kappa shape index (κ1) is 43.1. The minimum absolute atomic E-state index is 0.0166. The molecule has 2 aromatic rings. The molecule has 0 amide bonds. The van der Waals surface area contributed by atoms with Gasteiger partial charge >= 0.3 is 11.9 Å². The summed E-state index contributed by atoms with van der Waals surface area (Å²) in [5.74, 6) is 0.381. The van der Waals surface area contributed by atoms with Crippen molar-refractivity contribution in [2.75, 3.05) is 33.0 Å². The van der Waals surface area contributed by atoms with Crippen molar-refractivity contribution < 1.29 is 38.4 Å². The summed E-state index contributed by atoms with van der Waals surface area (Å²) < 4.78 is 25.2. The Morgan fingerprint density at radius 1 is 0.857 bits per heavy atom. The number of hydrogen-bond donors (Lipinski definition) is 1. The van der Waals surface area contributed by atoms with E-state index in [1.54, 1.807) is 12.1 Å². The van der Waals surface area contributed by atoms with E-state index in [2.05, 4.69) is 39.0 Å². The highest BCUT2D eigenvalue weighted by molar-refractivity contribution is 5.81. The summed E-state index contributed by atoms with van der Waals surface area (Å²) in [4.78, 5) is 22.0. The topological polar surface area (TPSA) is 104 Å². The van der Waals surface area contributed by atoms with Crippen LogP contribution in [0.2, 0.25) is 0 Å². The number of carbonyl (C=O) groups excluding carboxylic acids is 2. The molecular formula is C34H56O8. The molecule has 1 fully saturated rings. The molecule has 2 atom stereocenters. The lowest BCUT2D eigenvalue weighted by molar-refractivity contribution is -0.150. The van der Waals surface area contributed by atoms with Gasteiger partial charge in [-0.15, -0.1) is 0 Å². The number of benzene rings is 2. The van der Waals surface area contributed by atoms with Gasteiger partial charge in [-0.25, -0.2) is 4.79 Å². The highest BCUT2D eigenvalue weighted by Gasteiger charge is 2.22. The number of carbonyl (C=O) groups is 2. The average molecular weight is 593 g/mol. The smallest absolute Gasteiger partial charge is 0.330 e. The van der Waals surface area contributed by atoms with E-state index in [-0.39, 0.29) is 26.2 Å². The minimum Gasteiger partial charge on any atom is -0.491 e. The van der Waals surface area contributed by atoms with Gasteiger partial charge in [-0.3, -0.25) is 4.79 Å². The molecule has 0 aromatic heterocycles. The van der Waals surface area contributed by atoms with Crippen LogP contribution in [0.4, 0.5) is 0 Å². The van der Waals surface area contributed by atoms with E-state index in [1.807, 2.05) is 76.2 Å². The maximum Gasteiger partial charge on any atom is 0.330 e. The van der Waals surface area contributed by atoms with Crippen LogP contribution >= 0.6 is 0 Å². The lowest BCUT2D eigenvalue weighted by atomic mass is 10.3. The van der Waals surface area contributed by atoms with Gasteiger partial charge in [0.1, 0.15) is 50.1 Å². The Morgan fingerprint density at radius 3 is 1.74 bits per heavy atom. The van der Waals surface area contributed by atoms with Crippen LogP contribution in [0, 0.1) is 0 Å². The Hall–Kier alpha value is -3.36. The Morgan fingerprint density at radius 2 is 1.31 bits per heavy atom. The first-order chi connectivity index (χ1) is 20.4. The molecule has 42 heavy (non-hydrogen) atoms. The Balaban J connectivity index is -0.000000600. The number of ether oxygens (including phenoxy) is 5. The summed E-state index contributed by atoms with van der Waals surface area (Å²) >= 11 is 0. The number of para-hydroxylation sites is 2. The van der Waals surface area contributed by atoms with E-state index in [0.717, 1.165) is 18.4 Å². The van der Waals surface area contributed by atoms with Gasteiger partial charge < -0.3 is 28.8 Å². The summed E-state index contributed by atoms with van der Waals surface area (Å²) in [6, 6.07) is 18.8. The fourth-order valence-electron chi connectivity index (χ4n) is 2.18. The number of hydrogen-bond acceptors (Lipinski definition) is 8. The van der Waals surface area contributed by atoms with Crippen LogP contribution in [0.25, 0.3) is 0 Å². The van der Waals surface area contributed by atoms with Crippen LogP contribution in [0.3, 0.4) is 0 Å². The molecule has 3 rings (SSSR count). The summed E-state index contributed by atoms with van der Waals surface area (Å²) in [7, 11) is 0. The number of rotatable bonds is 12. The molecule has 1 aliphatic rings. The van der Waals surface area contributed by atoms with Crippen molar-refractivity contribution in [2.45, 2.75) is 86.9 Å². The lowest BCUT2D eigenvalue weighted by Crippen LogP contribution is -2.25. The molecule has 1 saturated heterocycles. The monoisotopic (exact) mass is 592 g/mol. The molecule has 1 aliphatic heterocycles. The third kappa shape index (κ3) is 31.2. The van der Waals surface area contributed by atoms with E-state index in [0.29, 0.717) is 18.5 Å². The van der Waals surface area contributed by atoms with Crippen molar-refractivity contribution in [3.8, 4) is 11.5 Å². The number of aliphatic hydroxyl groups is 1. The molecule has 8 heteroatoms. The van der Waals surface area contributed by atoms with E-state index < -0.39 is 18.0 Å². The summed E-state index contributed by atoms with van der Waals surface area (Å²) in [5.41, 5.74) is 0. The maximum atomic E-state index is 11.3. The van der Waals surface area contributed by atoms with Gasteiger partial charge in [-0.1, -0.05) is 111 Å². The number of aliphatic hydroxyl groups excluding tert-OH is 1. The minimum atomic E-state index is -0.926. The lowest BCUT2D eigenvalue weighted by Gasteiger charge is -2.12. The normalized spacial score (nSPS) is 12.4. The Labute approximate surface area is 255 Å². The molecule has 0 radical (unpaired) electrons. The molecule has 1 N–H and O–H groups in total. The SMILES string of the molecule is C=CC(=O)OCCC(=O)OCC(O)COc1ccccc1.CC.CC.CCC.CCC.c1ccc(OCC2CO2)cc1. The quantitative estimate of drug-likeness (QED) is 0.154. The highest BCUT2D eigenvalue weighted by Crippen LogP contribution is 2.13. The Bertz CT molecular complexity index is 837. The van der Waals surface area contributed by atoms with Crippen LogP contribution in [0.1, 0.15) is 74.7 Å². The van der Waals surface area contributed by atoms with E-state index >= 15 is 0 Å². The van der Waals surface area contributed by atoms with Gasteiger partial charge in [0, 0.05) is 6.08 Å². The zero-order valence-electron chi connectivity index (χ0n) is 27.2. The second-order valence-electron chi connectivity index (χ2n) is 8.08. The highest BCUT2D eigenvalue weighted by atomic mass is 16.6. The maximum absolute atomic E-state index is 11.3. The van der Waals surface area contributed by atoms with Crippen LogP contribution in [0.5, 0.6) is 11.5 Å². The molecule has 240 valence electrons. The van der Waals surface area contributed by atoms with Crippen LogP contribution in [0.15, 0.2) is 73.3 Å². The van der Waals surface area contributed by atoms with E-state index in [4.69, 9.17) is 18.9 Å². The van der Waals surface area contributed by atoms with Gasteiger partial charge in [0.2, 0.25) is 0 Å². The van der Waals surface area contributed by atoms with Gasteiger partial charge in [-0.05, 0) is 24.3 Å². The molecule has 1 heterocycles. The van der Waals surface area contributed by atoms with Crippen molar-refractivity contribution in [2.24, 2.45) is 0 Å². The summed E-state index contributed by atoms with van der Waals surface area (Å²) in [6.07, 6.45) is 2.85. The van der Waals surface area contributed by atoms with Crippen LogP contribution in [-0.2, 0) is 23.8 Å². The third-order valence-corrected chi connectivity index (χ3v) is 3.92. The molecule has 0 saturated carbocycles. The van der Waals surface area contributed by atoms with Gasteiger partial charge in [-0.2, -0.15) is 0 Å². The third-order valence-electron chi connectivity index (χ3n) is 3.92. The largest absolute Gasteiger partial charge is 0.491 e. The summed E-state index contributed by atoms with van der Waals surface area (Å²) in [5, 5.41) is 9.61. The van der Waals surface area contributed by atoms with Gasteiger partial charge in [0.15, 0.2) is 0 Å². The molecule has 8 nitrogen and oxygen atoms in total. The van der Waals surface area contributed by atoms with Crippen LogP contribution in [-0.4, -0.2) is 62.3 Å². The number of esters is 2. The van der Waals surface area contributed by atoms with E-state index in [9.17, 15) is 14.7 Å². The molecule has 2 aromatic carbocycles. The van der Waals surface area contributed by atoms with Crippen molar-refractivity contribution in [3.63, 3.8) is 0 Å². The first-order valence-corrected chi connectivity index (χ1v) is 15.0. The molecule has 0 aliphatic carbocycles. The van der Waals surface area contributed by atoms with Crippen molar-refractivity contribution in [1.29, 1.82) is 0 Å². The van der Waals surface area contributed by atoms with Crippen molar-refractivity contribution in [3.05, 3.63) is 73.3 Å². The zero-order chi connectivity index (χ0) is 32.4. The molecule has 2 unspecified atom stereocenters. The first-order valence-electron chi connectivity index (χ1n) is 15.0. The van der Waals surface area contributed by atoms with Crippen molar-refractivity contribution >= 4 is 11.9 Å².